The lowest BCUT2D eigenvalue weighted by molar-refractivity contribution is -0.946. The summed E-state index contributed by atoms with van der Waals surface area (Å²) in [6.45, 7) is 6.78. The van der Waals surface area contributed by atoms with Gasteiger partial charge in [0.25, 0.3) is 0 Å². The van der Waals surface area contributed by atoms with Crippen LogP contribution in [0.4, 0.5) is 4.79 Å². The van der Waals surface area contributed by atoms with Gasteiger partial charge in [-0.2, -0.15) is 0 Å². The SMILES string of the molecule is CCCCC[N+]1(C)CCCCC1C1(CCCC)OC(=O)Oc2cccc1c2. The van der Waals surface area contributed by atoms with Crippen molar-refractivity contribution in [2.75, 3.05) is 20.1 Å². The molecule has 3 rings (SSSR count). The minimum Gasteiger partial charge on any atom is -0.416 e. The van der Waals surface area contributed by atoms with Crippen molar-refractivity contribution in [3.05, 3.63) is 29.8 Å². The van der Waals surface area contributed by atoms with Crippen molar-refractivity contribution >= 4 is 6.16 Å². The third-order valence-corrected chi connectivity index (χ3v) is 6.65. The highest BCUT2D eigenvalue weighted by Crippen LogP contribution is 2.46. The van der Waals surface area contributed by atoms with E-state index in [2.05, 4.69) is 27.0 Å². The van der Waals surface area contributed by atoms with Crippen LogP contribution in [0.5, 0.6) is 5.75 Å². The van der Waals surface area contributed by atoms with Crippen molar-refractivity contribution in [1.29, 1.82) is 0 Å². The van der Waals surface area contributed by atoms with Crippen LogP contribution in [0.3, 0.4) is 0 Å². The van der Waals surface area contributed by atoms with Crippen molar-refractivity contribution < 1.29 is 18.8 Å². The number of cyclic esters (lactones) is 1. The Kier molecular flexibility index (Phi) is 6.46. The first-order chi connectivity index (χ1) is 13.0. The summed E-state index contributed by atoms with van der Waals surface area (Å²) in [4.78, 5) is 12.6. The Balaban J connectivity index is 2.03. The average Bonchev–Trinajstić information content (AvgIpc) is 2.74. The first kappa shape index (κ1) is 20.2. The molecule has 3 atom stereocenters. The Morgan fingerprint density at radius 2 is 1.96 bits per heavy atom. The fourth-order valence-corrected chi connectivity index (χ4v) is 5.21. The van der Waals surface area contributed by atoms with Crippen molar-refractivity contribution in [3.8, 4) is 5.75 Å². The molecule has 2 bridgehead atoms. The zero-order chi connectivity index (χ0) is 19.3. The summed E-state index contributed by atoms with van der Waals surface area (Å²) in [5.41, 5.74) is 0.534. The summed E-state index contributed by atoms with van der Waals surface area (Å²) in [6, 6.07) is 8.29. The number of quaternary nitrogens is 1. The number of likely N-dealkylation sites (tertiary alicyclic amines) is 1. The van der Waals surface area contributed by atoms with E-state index in [-0.39, 0.29) is 6.04 Å². The average molecular weight is 375 g/mol. The highest BCUT2D eigenvalue weighted by atomic mass is 16.7. The van der Waals surface area contributed by atoms with Crippen LogP contribution in [0.25, 0.3) is 0 Å². The molecule has 1 aromatic rings. The van der Waals surface area contributed by atoms with Crippen molar-refractivity contribution in [2.24, 2.45) is 0 Å². The third kappa shape index (κ3) is 4.16. The van der Waals surface area contributed by atoms with E-state index in [0.29, 0.717) is 5.75 Å². The van der Waals surface area contributed by atoms with Gasteiger partial charge in [-0.25, -0.2) is 4.79 Å². The van der Waals surface area contributed by atoms with Gasteiger partial charge >= 0.3 is 6.16 Å². The van der Waals surface area contributed by atoms with Crippen LogP contribution in [0.1, 0.15) is 77.2 Å². The molecule has 0 spiro atoms. The number of unbranched alkanes of at least 4 members (excludes halogenated alkanes) is 3. The van der Waals surface area contributed by atoms with Crippen LogP contribution in [-0.2, 0) is 10.3 Å². The second kappa shape index (κ2) is 8.64. The maximum Gasteiger partial charge on any atom is 0.514 e. The number of rotatable bonds is 8. The molecule has 2 aliphatic heterocycles. The first-order valence-electron chi connectivity index (χ1n) is 10.9. The number of carbonyl (C=O) groups is 1. The lowest BCUT2D eigenvalue weighted by atomic mass is 9.76. The van der Waals surface area contributed by atoms with Crippen molar-refractivity contribution in [2.45, 2.75) is 83.3 Å². The molecule has 0 saturated carbocycles. The Bertz CT molecular complexity index is 646. The molecule has 1 saturated heterocycles. The minimum absolute atomic E-state index is 0.288. The van der Waals surface area contributed by atoms with Crippen LogP contribution in [-0.4, -0.2) is 36.8 Å². The summed E-state index contributed by atoms with van der Waals surface area (Å²) in [5.74, 6) is 0.604. The van der Waals surface area contributed by atoms with E-state index in [0.717, 1.165) is 42.3 Å². The van der Waals surface area contributed by atoms with Crippen LogP contribution < -0.4 is 4.74 Å². The van der Waals surface area contributed by atoms with Gasteiger partial charge in [0.2, 0.25) is 0 Å². The van der Waals surface area contributed by atoms with Gasteiger partial charge in [0.05, 0.1) is 20.1 Å². The molecule has 2 heterocycles. The fraction of sp³-hybridized carbons (Fsp3) is 0.696. The van der Waals surface area contributed by atoms with Gasteiger partial charge in [0.1, 0.15) is 11.8 Å². The Morgan fingerprint density at radius 3 is 2.74 bits per heavy atom. The number of carbonyl (C=O) groups excluding carboxylic acids is 1. The summed E-state index contributed by atoms with van der Waals surface area (Å²) in [6.07, 6.45) is 9.76. The molecule has 0 aliphatic carbocycles. The number of benzene rings is 1. The molecule has 27 heavy (non-hydrogen) atoms. The fourth-order valence-electron chi connectivity index (χ4n) is 5.21. The van der Waals surface area contributed by atoms with Gasteiger partial charge in [0, 0.05) is 12.0 Å². The van der Waals surface area contributed by atoms with E-state index < -0.39 is 11.8 Å². The summed E-state index contributed by atoms with van der Waals surface area (Å²) in [5, 5.41) is 0. The highest BCUT2D eigenvalue weighted by Gasteiger charge is 2.55. The first-order valence-corrected chi connectivity index (χ1v) is 10.9. The van der Waals surface area contributed by atoms with Gasteiger partial charge in [-0.3, -0.25) is 0 Å². The van der Waals surface area contributed by atoms with Crippen LogP contribution >= 0.6 is 0 Å². The Hall–Kier alpha value is -1.55. The quantitative estimate of drug-likeness (QED) is 0.250. The van der Waals surface area contributed by atoms with Gasteiger partial charge in [-0.15, -0.1) is 0 Å². The molecule has 2 aliphatic rings. The molecule has 0 amide bonds. The molecule has 0 radical (unpaired) electrons. The lowest BCUT2D eigenvalue weighted by Gasteiger charge is -2.52. The zero-order valence-corrected chi connectivity index (χ0v) is 17.3. The maximum absolute atomic E-state index is 12.6. The van der Waals surface area contributed by atoms with Gasteiger partial charge < -0.3 is 14.0 Å². The predicted molar refractivity (Wildman–Crippen MR) is 108 cm³/mol. The largest absolute Gasteiger partial charge is 0.514 e. The topological polar surface area (TPSA) is 35.5 Å². The third-order valence-electron chi connectivity index (χ3n) is 6.65. The Labute approximate surface area is 164 Å². The number of nitrogens with zero attached hydrogens (tertiary/aromatic N) is 1. The van der Waals surface area contributed by atoms with Gasteiger partial charge in [-0.05, 0) is 50.7 Å². The standard InChI is InChI=1S/C23H36NO3/c1-4-6-9-16-24(3)17-10-8-14-21(24)23(15-7-5-2)19-12-11-13-20(18-19)26-22(25)27-23/h11-13,18,21H,4-10,14-17H2,1-3H3/q+1. The Morgan fingerprint density at radius 1 is 1.15 bits per heavy atom. The van der Waals surface area contributed by atoms with Crippen molar-refractivity contribution in [3.63, 3.8) is 0 Å². The van der Waals surface area contributed by atoms with Gasteiger partial charge in [-0.1, -0.05) is 38.8 Å². The zero-order valence-electron chi connectivity index (χ0n) is 17.3. The monoisotopic (exact) mass is 374 g/mol. The van der Waals surface area contributed by atoms with Crippen LogP contribution in [0.2, 0.25) is 0 Å². The number of fused-ring (bicyclic) bond motifs is 2. The van der Waals surface area contributed by atoms with E-state index in [1.807, 2.05) is 18.2 Å². The van der Waals surface area contributed by atoms with Crippen LogP contribution in [0.15, 0.2) is 24.3 Å². The van der Waals surface area contributed by atoms with Gasteiger partial charge in [0.15, 0.2) is 5.60 Å². The van der Waals surface area contributed by atoms with E-state index in [1.165, 1.54) is 38.6 Å². The highest BCUT2D eigenvalue weighted by molar-refractivity contribution is 5.66. The molecule has 0 aromatic heterocycles. The van der Waals surface area contributed by atoms with Crippen LogP contribution in [0, 0.1) is 0 Å². The molecule has 3 unspecified atom stereocenters. The normalized spacial score (nSPS) is 30.3. The molecule has 4 heteroatoms. The number of piperidine rings is 1. The molecular formula is C23H36NO3+. The molecular weight excluding hydrogens is 338 g/mol. The minimum atomic E-state index is -0.582. The second-order valence-electron chi connectivity index (χ2n) is 8.62. The number of ether oxygens (including phenoxy) is 2. The van der Waals surface area contributed by atoms with Crippen molar-refractivity contribution in [1.82, 2.24) is 0 Å². The van der Waals surface area contributed by atoms with E-state index in [9.17, 15) is 4.79 Å². The van der Waals surface area contributed by atoms with E-state index in [1.54, 1.807) is 0 Å². The molecule has 150 valence electrons. The summed E-state index contributed by atoms with van der Waals surface area (Å²) >= 11 is 0. The number of likely N-dealkylation sites (N-methyl/N-ethyl adjacent to an activating group) is 1. The molecule has 1 fully saturated rings. The maximum atomic E-state index is 12.6. The summed E-state index contributed by atoms with van der Waals surface area (Å²) < 4.78 is 12.7. The summed E-state index contributed by atoms with van der Waals surface area (Å²) in [7, 11) is 2.39. The van der Waals surface area contributed by atoms with E-state index in [4.69, 9.17) is 9.47 Å². The second-order valence-corrected chi connectivity index (χ2v) is 8.62. The predicted octanol–water partition coefficient (Wildman–Crippen LogP) is 5.79. The number of hydrogen-bond donors (Lipinski definition) is 0. The lowest BCUT2D eigenvalue weighted by Crippen LogP contribution is -2.64. The van der Waals surface area contributed by atoms with E-state index >= 15 is 0 Å². The number of hydrogen-bond acceptors (Lipinski definition) is 3. The smallest absolute Gasteiger partial charge is 0.416 e. The molecule has 0 N–H and O–H groups in total. The molecule has 4 nitrogen and oxygen atoms in total. The molecule has 1 aromatic carbocycles.